The number of rotatable bonds is 11. The molecule has 0 aliphatic carbocycles. The lowest BCUT2D eigenvalue weighted by atomic mass is 10.1. The molecular weight excluding hydrogens is 569 g/mol. The van der Waals surface area contributed by atoms with Crippen molar-refractivity contribution in [3.8, 4) is 0 Å². The third kappa shape index (κ3) is 6.99. The molecule has 38 heavy (non-hydrogen) atoms. The van der Waals surface area contributed by atoms with Crippen molar-refractivity contribution in [3.05, 3.63) is 93.4 Å². The van der Waals surface area contributed by atoms with Gasteiger partial charge >= 0.3 is 0 Å². The van der Waals surface area contributed by atoms with Gasteiger partial charge in [-0.1, -0.05) is 78.1 Å². The highest BCUT2D eigenvalue weighted by Gasteiger charge is 2.34. The number of anilines is 1. The first-order valence-corrected chi connectivity index (χ1v) is 14.5. The molecule has 7 nitrogen and oxygen atoms in total. The molecule has 0 aliphatic heterocycles. The van der Waals surface area contributed by atoms with Gasteiger partial charge < -0.3 is 10.2 Å². The molecular formula is C27H28Cl3N3O4S. The van der Waals surface area contributed by atoms with E-state index in [1.807, 2.05) is 0 Å². The third-order valence-corrected chi connectivity index (χ3v) is 8.73. The summed E-state index contributed by atoms with van der Waals surface area (Å²) in [5.41, 5.74) is 0.776. The predicted molar refractivity (Wildman–Crippen MR) is 152 cm³/mol. The molecule has 11 heteroatoms. The molecule has 3 aromatic carbocycles. The second-order valence-electron chi connectivity index (χ2n) is 8.35. The Balaban J connectivity index is 2.08. The Hall–Kier alpha value is -2.78. The van der Waals surface area contributed by atoms with Crippen molar-refractivity contribution in [3.63, 3.8) is 0 Å². The Morgan fingerprint density at radius 2 is 1.53 bits per heavy atom. The smallest absolute Gasteiger partial charge is 0.264 e. The van der Waals surface area contributed by atoms with Gasteiger partial charge in [-0.3, -0.25) is 13.9 Å². The molecule has 0 spiro atoms. The van der Waals surface area contributed by atoms with Gasteiger partial charge in [-0.25, -0.2) is 8.42 Å². The minimum atomic E-state index is -4.20. The first-order valence-electron chi connectivity index (χ1n) is 11.9. The third-order valence-electron chi connectivity index (χ3n) is 5.84. The van der Waals surface area contributed by atoms with E-state index in [1.54, 1.807) is 56.3 Å². The number of sulfonamides is 1. The lowest BCUT2D eigenvalue weighted by molar-refractivity contribution is -0.140. The molecule has 1 atom stereocenters. The summed E-state index contributed by atoms with van der Waals surface area (Å²) in [5, 5.41) is 3.55. The van der Waals surface area contributed by atoms with Gasteiger partial charge in [0.1, 0.15) is 12.6 Å². The topological polar surface area (TPSA) is 86.8 Å². The largest absolute Gasteiger partial charge is 0.355 e. The summed E-state index contributed by atoms with van der Waals surface area (Å²) >= 11 is 18.7. The Morgan fingerprint density at radius 1 is 0.868 bits per heavy atom. The van der Waals surface area contributed by atoms with Crippen molar-refractivity contribution in [2.24, 2.45) is 0 Å². The molecule has 0 saturated heterocycles. The number of carbonyl (C=O) groups excluding carboxylic acids is 2. The zero-order chi connectivity index (χ0) is 27.9. The van der Waals surface area contributed by atoms with Gasteiger partial charge in [0.15, 0.2) is 0 Å². The summed E-state index contributed by atoms with van der Waals surface area (Å²) in [6, 6.07) is 18.2. The Labute approximate surface area is 238 Å². The van der Waals surface area contributed by atoms with E-state index in [9.17, 15) is 18.0 Å². The molecule has 0 saturated carbocycles. The van der Waals surface area contributed by atoms with E-state index in [0.29, 0.717) is 23.6 Å². The summed E-state index contributed by atoms with van der Waals surface area (Å²) in [6.45, 7) is 3.36. The number of carbonyl (C=O) groups is 2. The first kappa shape index (κ1) is 29.8. The van der Waals surface area contributed by atoms with Gasteiger partial charge in [0, 0.05) is 18.1 Å². The maximum atomic E-state index is 13.9. The molecule has 0 heterocycles. The van der Waals surface area contributed by atoms with Gasteiger partial charge in [0.2, 0.25) is 11.8 Å². The van der Waals surface area contributed by atoms with Crippen LogP contribution >= 0.6 is 34.8 Å². The number of nitrogens with one attached hydrogen (secondary N) is 1. The fraction of sp³-hybridized carbons (Fsp3) is 0.259. The van der Waals surface area contributed by atoms with Gasteiger partial charge in [-0.05, 0) is 55.3 Å². The lowest BCUT2D eigenvalue weighted by Gasteiger charge is -2.33. The number of amides is 2. The summed E-state index contributed by atoms with van der Waals surface area (Å²) < 4.78 is 28.5. The molecule has 0 aliphatic rings. The van der Waals surface area contributed by atoms with Gasteiger partial charge in [-0.2, -0.15) is 0 Å². The van der Waals surface area contributed by atoms with Crippen LogP contribution in [0.25, 0.3) is 0 Å². The van der Waals surface area contributed by atoms with E-state index in [1.165, 1.54) is 35.2 Å². The van der Waals surface area contributed by atoms with Crippen LogP contribution in [0, 0.1) is 0 Å². The Bertz CT molecular complexity index is 1390. The SMILES string of the molecule is CCNC(=O)[C@@H](CC)N(Cc1ccccc1Cl)C(=O)CN(c1ccc(Cl)c(Cl)c1)S(=O)(=O)c1ccccc1. The number of likely N-dealkylation sites (N-methyl/N-ethyl adjacent to an activating group) is 1. The standard InChI is InChI=1S/C27H28Cl3N3O4S/c1-3-25(27(35)31-4-2)32(17-19-10-8-9-13-22(19)28)26(34)18-33(20-14-15-23(29)24(30)16-20)38(36,37)21-11-6-5-7-12-21/h5-16,25H,3-4,17-18H2,1-2H3,(H,31,35)/t25-/m1/s1. The molecule has 3 rings (SSSR count). The second kappa shape index (κ2) is 13.3. The Morgan fingerprint density at radius 3 is 2.13 bits per heavy atom. The van der Waals surface area contributed by atoms with Crippen molar-refractivity contribution in [1.82, 2.24) is 10.2 Å². The number of hydrogen-bond acceptors (Lipinski definition) is 4. The molecule has 202 valence electrons. The summed E-state index contributed by atoms with van der Waals surface area (Å²) in [7, 11) is -4.20. The van der Waals surface area contributed by atoms with E-state index >= 15 is 0 Å². The molecule has 3 aromatic rings. The first-order chi connectivity index (χ1) is 18.1. The van der Waals surface area contributed by atoms with E-state index in [0.717, 1.165) is 4.31 Å². The van der Waals surface area contributed by atoms with Gasteiger partial charge in [-0.15, -0.1) is 0 Å². The summed E-state index contributed by atoms with van der Waals surface area (Å²) in [5.74, 6) is -0.934. The van der Waals surface area contributed by atoms with Crippen LogP contribution in [0.5, 0.6) is 0 Å². The highest BCUT2D eigenvalue weighted by atomic mass is 35.5. The highest BCUT2D eigenvalue weighted by Crippen LogP contribution is 2.31. The fourth-order valence-electron chi connectivity index (χ4n) is 3.91. The van der Waals surface area contributed by atoms with Crippen LogP contribution in [-0.2, 0) is 26.2 Å². The van der Waals surface area contributed by atoms with E-state index in [2.05, 4.69) is 5.32 Å². The molecule has 0 bridgehead atoms. The van der Waals surface area contributed by atoms with Crippen LogP contribution in [0.1, 0.15) is 25.8 Å². The minimum Gasteiger partial charge on any atom is -0.355 e. The predicted octanol–water partition coefficient (Wildman–Crippen LogP) is 5.79. The monoisotopic (exact) mass is 595 g/mol. The van der Waals surface area contributed by atoms with Gasteiger partial charge in [0.25, 0.3) is 10.0 Å². The number of benzene rings is 3. The zero-order valence-electron chi connectivity index (χ0n) is 20.9. The maximum absolute atomic E-state index is 13.9. The second-order valence-corrected chi connectivity index (χ2v) is 11.4. The van der Waals surface area contributed by atoms with Crippen molar-refractivity contribution in [2.75, 3.05) is 17.4 Å². The van der Waals surface area contributed by atoms with E-state index in [-0.39, 0.29) is 33.1 Å². The maximum Gasteiger partial charge on any atom is 0.264 e. The van der Waals surface area contributed by atoms with Crippen LogP contribution in [0.3, 0.4) is 0 Å². The van der Waals surface area contributed by atoms with Crippen molar-refractivity contribution in [2.45, 2.75) is 37.8 Å². The summed E-state index contributed by atoms with van der Waals surface area (Å²) in [4.78, 5) is 28.2. The lowest BCUT2D eigenvalue weighted by Crippen LogP contribution is -2.52. The summed E-state index contributed by atoms with van der Waals surface area (Å²) in [6.07, 6.45) is 0.306. The van der Waals surface area contributed by atoms with Crippen LogP contribution in [-0.4, -0.2) is 44.3 Å². The molecule has 2 amide bonds. The number of halogens is 3. The molecule has 0 radical (unpaired) electrons. The van der Waals surface area contributed by atoms with Crippen molar-refractivity contribution < 1.29 is 18.0 Å². The van der Waals surface area contributed by atoms with Crippen LogP contribution in [0.15, 0.2) is 77.7 Å². The fourth-order valence-corrected chi connectivity index (χ4v) is 5.83. The highest BCUT2D eigenvalue weighted by molar-refractivity contribution is 7.92. The average Bonchev–Trinajstić information content (AvgIpc) is 2.90. The van der Waals surface area contributed by atoms with E-state index < -0.39 is 28.5 Å². The molecule has 0 unspecified atom stereocenters. The quantitative estimate of drug-likeness (QED) is 0.304. The molecule has 1 N–H and O–H groups in total. The van der Waals surface area contributed by atoms with E-state index in [4.69, 9.17) is 34.8 Å². The van der Waals surface area contributed by atoms with Crippen LogP contribution < -0.4 is 9.62 Å². The average molecular weight is 597 g/mol. The number of nitrogens with zero attached hydrogens (tertiary/aromatic N) is 2. The van der Waals surface area contributed by atoms with Crippen molar-refractivity contribution in [1.29, 1.82) is 0 Å². The van der Waals surface area contributed by atoms with Crippen molar-refractivity contribution >= 4 is 62.3 Å². The van der Waals surface area contributed by atoms with Crippen LogP contribution in [0.4, 0.5) is 5.69 Å². The van der Waals surface area contributed by atoms with Crippen LogP contribution in [0.2, 0.25) is 15.1 Å². The Kier molecular flexibility index (Phi) is 10.4. The number of hydrogen-bond donors (Lipinski definition) is 1. The molecule has 0 fully saturated rings. The zero-order valence-corrected chi connectivity index (χ0v) is 24.0. The normalized spacial score (nSPS) is 12.0. The van der Waals surface area contributed by atoms with Gasteiger partial charge in [0.05, 0.1) is 20.6 Å². The minimum absolute atomic E-state index is 0.00714. The molecule has 0 aromatic heterocycles.